The predicted molar refractivity (Wildman–Crippen MR) is 134 cm³/mol. The third kappa shape index (κ3) is 5.12. The highest BCUT2D eigenvalue weighted by atomic mass is 32.2. The van der Waals surface area contributed by atoms with Crippen LogP contribution in [0.2, 0.25) is 0 Å². The molecule has 7 nitrogen and oxygen atoms in total. The molecule has 1 aliphatic rings. The average Bonchev–Trinajstić information content (AvgIpc) is 3.19. The number of nitrogens with one attached hydrogen (secondary N) is 2. The molecule has 0 radical (unpaired) electrons. The molecule has 0 aliphatic carbocycles. The third-order valence-electron chi connectivity index (χ3n) is 5.72. The number of benzene rings is 3. The van der Waals surface area contributed by atoms with Gasteiger partial charge in [0, 0.05) is 35.6 Å². The Balaban J connectivity index is 1.53. The topological polar surface area (TPSA) is 95.6 Å². The molecule has 0 atom stereocenters. The van der Waals surface area contributed by atoms with Gasteiger partial charge in [-0.15, -0.1) is 0 Å². The average molecular weight is 478 g/mol. The van der Waals surface area contributed by atoms with Crippen LogP contribution in [0.3, 0.4) is 0 Å². The van der Waals surface area contributed by atoms with Crippen LogP contribution in [0.15, 0.2) is 65.6 Å². The first-order valence-corrected chi connectivity index (χ1v) is 12.5. The number of carbonyl (C=O) groups is 2. The maximum absolute atomic E-state index is 13.1. The SMILES string of the molecule is Cc1cc(C)cc(NS(=O)(=O)c2cc(C(=O)Nc3ccc(N4CCCC4=O)cc3)ccc2C)c1. The highest BCUT2D eigenvalue weighted by Crippen LogP contribution is 2.25. The molecular weight excluding hydrogens is 450 g/mol. The Morgan fingerprint density at radius 3 is 2.18 bits per heavy atom. The second kappa shape index (κ2) is 9.30. The van der Waals surface area contributed by atoms with Crippen molar-refractivity contribution in [1.29, 1.82) is 0 Å². The number of amides is 2. The van der Waals surface area contributed by atoms with Crippen molar-refractivity contribution in [3.8, 4) is 0 Å². The van der Waals surface area contributed by atoms with Crippen LogP contribution < -0.4 is 14.9 Å². The molecule has 1 aliphatic heterocycles. The van der Waals surface area contributed by atoms with Crippen molar-refractivity contribution in [2.75, 3.05) is 21.5 Å². The van der Waals surface area contributed by atoms with Crippen LogP contribution in [0.1, 0.15) is 39.9 Å². The molecule has 8 heteroatoms. The summed E-state index contributed by atoms with van der Waals surface area (Å²) in [5.74, 6) is -0.326. The Morgan fingerprint density at radius 1 is 0.882 bits per heavy atom. The zero-order chi connectivity index (χ0) is 24.5. The van der Waals surface area contributed by atoms with Crippen molar-refractivity contribution < 1.29 is 18.0 Å². The van der Waals surface area contributed by atoms with Gasteiger partial charge in [0.1, 0.15) is 0 Å². The van der Waals surface area contributed by atoms with Crippen LogP contribution in [-0.2, 0) is 14.8 Å². The Bertz CT molecular complexity index is 1350. The number of aryl methyl sites for hydroxylation is 3. The molecular formula is C26H27N3O4S. The molecule has 4 rings (SSSR count). The zero-order valence-electron chi connectivity index (χ0n) is 19.4. The summed E-state index contributed by atoms with van der Waals surface area (Å²) in [6, 6.07) is 17.1. The summed E-state index contributed by atoms with van der Waals surface area (Å²) in [6.45, 7) is 6.19. The lowest BCUT2D eigenvalue weighted by atomic mass is 10.1. The molecule has 0 unspecified atom stereocenters. The van der Waals surface area contributed by atoms with Crippen molar-refractivity contribution in [2.45, 2.75) is 38.5 Å². The Kier molecular flexibility index (Phi) is 6.43. The number of sulfonamides is 1. The van der Waals surface area contributed by atoms with Crippen LogP contribution in [0.25, 0.3) is 0 Å². The second-order valence-electron chi connectivity index (χ2n) is 8.61. The number of carbonyl (C=O) groups excluding carboxylic acids is 2. The van der Waals surface area contributed by atoms with Crippen molar-refractivity contribution >= 4 is 38.9 Å². The molecule has 0 spiro atoms. The molecule has 34 heavy (non-hydrogen) atoms. The number of anilines is 3. The van der Waals surface area contributed by atoms with Gasteiger partial charge in [-0.2, -0.15) is 0 Å². The Hall–Kier alpha value is -3.65. The predicted octanol–water partition coefficient (Wildman–Crippen LogP) is 4.79. The van der Waals surface area contributed by atoms with Gasteiger partial charge in [-0.1, -0.05) is 12.1 Å². The van der Waals surface area contributed by atoms with Crippen LogP contribution >= 0.6 is 0 Å². The summed E-state index contributed by atoms with van der Waals surface area (Å²) >= 11 is 0. The Labute approximate surface area is 199 Å². The van der Waals surface area contributed by atoms with E-state index in [9.17, 15) is 18.0 Å². The van der Waals surface area contributed by atoms with E-state index in [1.54, 1.807) is 60.4 Å². The highest BCUT2D eigenvalue weighted by molar-refractivity contribution is 7.92. The van der Waals surface area contributed by atoms with E-state index < -0.39 is 15.9 Å². The summed E-state index contributed by atoms with van der Waals surface area (Å²) in [5, 5.41) is 2.79. The van der Waals surface area contributed by atoms with Gasteiger partial charge in [-0.25, -0.2) is 8.42 Å². The van der Waals surface area contributed by atoms with E-state index in [0.29, 0.717) is 29.9 Å². The first-order valence-electron chi connectivity index (χ1n) is 11.1. The summed E-state index contributed by atoms with van der Waals surface area (Å²) < 4.78 is 28.8. The van der Waals surface area contributed by atoms with E-state index >= 15 is 0 Å². The first-order chi connectivity index (χ1) is 16.1. The van der Waals surface area contributed by atoms with E-state index in [4.69, 9.17) is 0 Å². The van der Waals surface area contributed by atoms with Crippen molar-refractivity contribution in [3.63, 3.8) is 0 Å². The van der Waals surface area contributed by atoms with E-state index in [0.717, 1.165) is 23.2 Å². The molecule has 0 bridgehead atoms. The van der Waals surface area contributed by atoms with Gasteiger partial charge in [-0.3, -0.25) is 14.3 Å². The summed E-state index contributed by atoms with van der Waals surface area (Å²) in [5.41, 5.74) is 4.48. The van der Waals surface area contributed by atoms with Gasteiger partial charge in [0.05, 0.1) is 4.90 Å². The lowest BCUT2D eigenvalue weighted by Gasteiger charge is -2.16. The molecule has 3 aromatic rings. The number of hydrogen-bond donors (Lipinski definition) is 2. The maximum atomic E-state index is 13.1. The van der Waals surface area contributed by atoms with Crippen molar-refractivity contribution in [3.05, 3.63) is 82.9 Å². The highest BCUT2D eigenvalue weighted by Gasteiger charge is 2.22. The third-order valence-corrected chi connectivity index (χ3v) is 7.25. The Morgan fingerprint density at radius 2 is 1.56 bits per heavy atom. The van der Waals surface area contributed by atoms with Gasteiger partial charge < -0.3 is 10.2 Å². The fraction of sp³-hybridized carbons (Fsp3) is 0.231. The molecule has 2 amide bonds. The number of hydrogen-bond acceptors (Lipinski definition) is 4. The summed E-state index contributed by atoms with van der Waals surface area (Å²) in [4.78, 5) is 26.5. The van der Waals surface area contributed by atoms with Crippen LogP contribution in [0.4, 0.5) is 17.1 Å². The fourth-order valence-corrected chi connectivity index (χ4v) is 5.44. The molecule has 2 N–H and O–H groups in total. The van der Waals surface area contributed by atoms with Crippen molar-refractivity contribution in [2.24, 2.45) is 0 Å². The van der Waals surface area contributed by atoms with Crippen LogP contribution in [-0.4, -0.2) is 26.8 Å². The number of nitrogens with zero attached hydrogens (tertiary/aromatic N) is 1. The summed E-state index contributed by atoms with van der Waals surface area (Å²) in [6.07, 6.45) is 1.39. The maximum Gasteiger partial charge on any atom is 0.262 e. The molecule has 0 aromatic heterocycles. The molecule has 1 fully saturated rings. The van der Waals surface area contributed by atoms with E-state index in [-0.39, 0.29) is 16.4 Å². The van der Waals surface area contributed by atoms with E-state index in [2.05, 4.69) is 10.0 Å². The summed E-state index contributed by atoms with van der Waals surface area (Å²) in [7, 11) is -3.89. The van der Waals surface area contributed by atoms with Crippen LogP contribution in [0.5, 0.6) is 0 Å². The molecule has 1 heterocycles. The number of rotatable bonds is 6. The fourth-order valence-electron chi connectivity index (χ4n) is 4.12. The second-order valence-corrected chi connectivity index (χ2v) is 10.3. The molecule has 176 valence electrons. The smallest absolute Gasteiger partial charge is 0.262 e. The van der Waals surface area contributed by atoms with E-state index in [1.165, 1.54) is 6.07 Å². The van der Waals surface area contributed by atoms with Crippen LogP contribution in [0, 0.1) is 20.8 Å². The lowest BCUT2D eigenvalue weighted by molar-refractivity contribution is -0.117. The zero-order valence-corrected chi connectivity index (χ0v) is 20.2. The van der Waals surface area contributed by atoms with Gasteiger partial charge in [0.15, 0.2) is 0 Å². The van der Waals surface area contributed by atoms with Gasteiger partial charge in [0.25, 0.3) is 15.9 Å². The minimum atomic E-state index is -3.89. The lowest BCUT2D eigenvalue weighted by Crippen LogP contribution is -2.23. The largest absolute Gasteiger partial charge is 0.322 e. The van der Waals surface area contributed by atoms with Gasteiger partial charge in [0.2, 0.25) is 5.91 Å². The van der Waals surface area contributed by atoms with E-state index in [1.807, 2.05) is 19.9 Å². The van der Waals surface area contributed by atoms with Crippen molar-refractivity contribution in [1.82, 2.24) is 0 Å². The van der Waals surface area contributed by atoms with Gasteiger partial charge >= 0.3 is 0 Å². The monoisotopic (exact) mass is 477 g/mol. The minimum absolute atomic E-state index is 0.0437. The van der Waals surface area contributed by atoms with Gasteiger partial charge in [-0.05, 0) is 92.4 Å². The first kappa shape index (κ1) is 23.5. The minimum Gasteiger partial charge on any atom is -0.322 e. The quantitative estimate of drug-likeness (QED) is 0.534. The molecule has 1 saturated heterocycles. The molecule has 3 aromatic carbocycles. The normalized spacial score (nSPS) is 13.7. The molecule has 0 saturated carbocycles. The standard InChI is InChI=1S/C26H27N3O4S/c1-17-13-18(2)15-22(14-17)28-34(32,33)24-16-20(7-6-19(24)3)26(31)27-21-8-10-23(11-9-21)29-12-4-5-25(29)30/h6-11,13-16,28H,4-5,12H2,1-3H3,(H,27,31).